The second-order valence-electron chi connectivity index (χ2n) is 6.06. The normalized spacial score (nSPS) is 17.6. The lowest BCUT2D eigenvalue weighted by atomic mass is 10.0. The molecule has 1 aliphatic heterocycles. The van der Waals surface area contributed by atoms with Gasteiger partial charge in [0.05, 0.1) is 7.11 Å². The smallest absolute Gasteiger partial charge is 0.339 e. The molecule has 3 rings (SSSR count). The fourth-order valence-corrected chi connectivity index (χ4v) is 3.18. The van der Waals surface area contributed by atoms with Gasteiger partial charge in [0.2, 0.25) is 5.91 Å². The standard InChI is InChI=1S/C19H19FN2O4/c1-26-16-6-5-12(9-15(16)19(24)25)11-22-8-7-21-18(23)17(22)13-3-2-4-14(20)10-13/h2-6,9-10,17H,7-8,11H2,1H3,(H,21,23)(H,24,25)/t17-/m0/s1. The lowest BCUT2D eigenvalue weighted by Crippen LogP contribution is -2.49. The van der Waals surface area contributed by atoms with Crippen LogP contribution in [0.1, 0.15) is 27.5 Å². The highest BCUT2D eigenvalue weighted by molar-refractivity contribution is 5.91. The third-order valence-corrected chi connectivity index (χ3v) is 4.36. The number of carboxylic acids is 1. The first-order valence-corrected chi connectivity index (χ1v) is 8.17. The van der Waals surface area contributed by atoms with Crippen LogP contribution in [-0.2, 0) is 11.3 Å². The van der Waals surface area contributed by atoms with Gasteiger partial charge in [-0.05, 0) is 35.4 Å². The summed E-state index contributed by atoms with van der Waals surface area (Å²) in [6.45, 7) is 1.41. The van der Waals surface area contributed by atoms with Gasteiger partial charge in [-0.2, -0.15) is 0 Å². The zero-order chi connectivity index (χ0) is 18.7. The molecule has 1 aliphatic rings. The summed E-state index contributed by atoms with van der Waals surface area (Å²) in [6.07, 6.45) is 0. The molecule has 136 valence electrons. The van der Waals surface area contributed by atoms with Crippen LogP contribution in [0.25, 0.3) is 0 Å². The number of nitrogens with one attached hydrogen (secondary N) is 1. The zero-order valence-corrected chi connectivity index (χ0v) is 14.2. The van der Waals surface area contributed by atoms with E-state index in [-0.39, 0.29) is 17.2 Å². The number of rotatable bonds is 5. The Balaban J connectivity index is 1.90. The van der Waals surface area contributed by atoms with Crippen molar-refractivity contribution < 1.29 is 23.8 Å². The molecule has 1 heterocycles. The number of methoxy groups -OCH3 is 1. The second kappa shape index (κ2) is 7.53. The molecule has 2 N–H and O–H groups in total. The van der Waals surface area contributed by atoms with E-state index in [4.69, 9.17) is 4.74 Å². The molecule has 0 bridgehead atoms. The van der Waals surface area contributed by atoms with E-state index in [0.29, 0.717) is 25.2 Å². The van der Waals surface area contributed by atoms with Crippen LogP contribution < -0.4 is 10.1 Å². The first-order chi connectivity index (χ1) is 12.5. The third-order valence-electron chi connectivity index (χ3n) is 4.36. The Morgan fingerprint density at radius 2 is 2.15 bits per heavy atom. The van der Waals surface area contributed by atoms with Crippen LogP contribution in [0.15, 0.2) is 42.5 Å². The van der Waals surface area contributed by atoms with Crippen molar-refractivity contribution in [2.45, 2.75) is 12.6 Å². The van der Waals surface area contributed by atoms with Gasteiger partial charge in [0, 0.05) is 19.6 Å². The summed E-state index contributed by atoms with van der Waals surface area (Å²) in [5.74, 6) is -1.41. The van der Waals surface area contributed by atoms with Gasteiger partial charge in [0.1, 0.15) is 23.2 Å². The number of halogens is 1. The number of amides is 1. The lowest BCUT2D eigenvalue weighted by molar-refractivity contribution is -0.129. The minimum atomic E-state index is -1.08. The van der Waals surface area contributed by atoms with E-state index in [9.17, 15) is 19.1 Å². The van der Waals surface area contributed by atoms with Gasteiger partial charge in [-0.3, -0.25) is 9.69 Å². The minimum absolute atomic E-state index is 0.0637. The number of hydrogen-bond acceptors (Lipinski definition) is 4. The van der Waals surface area contributed by atoms with Crippen molar-refractivity contribution in [1.29, 1.82) is 0 Å². The van der Waals surface area contributed by atoms with Crippen molar-refractivity contribution in [2.75, 3.05) is 20.2 Å². The average molecular weight is 358 g/mol. The van der Waals surface area contributed by atoms with Crippen LogP contribution >= 0.6 is 0 Å². The van der Waals surface area contributed by atoms with Crippen molar-refractivity contribution in [2.24, 2.45) is 0 Å². The van der Waals surface area contributed by atoms with Gasteiger partial charge >= 0.3 is 5.97 Å². The monoisotopic (exact) mass is 358 g/mol. The molecule has 2 aromatic rings. The summed E-state index contributed by atoms with van der Waals surface area (Å²) < 4.78 is 18.7. The fraction of sp³-hybridized carbons (Fsp3) is 0.263. The molecule has 1 atom stereocenters. The maximum absolute atomic E-state index is 13.6. The average Bonchev–Trinajstić information content (AvgIpc) is 2.61. The number of hydrogen-bond donors (Lipinski definition) is 2. The van der Waals surface area contributed by atoms with Gasteiger partial charge < -0.3 is 15.2 Å². The Kier molecular flexibility index (Phi) is 5.18. The van der Waals surface area contributed by atoms with Gasteiger partial charge in [-0.15, -0.1) is 0 Å². The van der Waals surface area contributed by atoms with E-state index in [2.05, 4.69) is 5.32 Å². The van der Waals surface area contributed by atoms with Gasteiger partial charge in [0.15, 0.2) is 0 Å². The first kappa shape index (κ1) is 17.9. The van der Waals surface area contributed by atoms with Crippen molar-refractivity contribution in [3.63, 3.8) is 0 Å². The maximum atomic E-state index is 13.6. The number of carboxylic acid groups (broad SMARTS) is 1. The van der Waals surface area contributed by atoms with Crippen LogP contribution in [0.3, 0.4) is 0 Å². The van der Waals surface area contributed by atoms with Crippen molar-refractivity contribution in [1.82, 2.24) is 10.2 Å². The van der Waals surface area contributed by atoms with E-state index in [1.54, 1.807) is 24.3 Å². The van der Waals surface area contributed by atoms with E-state index in [0.717, 1.165) is 5.56 Å². The molecule has 0 spiro atoms. The number of carbonyl (C=O) groups is 2. The molecular formula is C19H19FN2O4. The lowest BCUT2D eigenvalue weighted by Gasteiger charge is -2.35. The molecule has 0 unspecified atom stereocenters. The SMILES string of the molecule is COc1ccc(CN2CCNC(=O)[C@@H]2c2cccc(F)c2)cc1C(=O)O. The quantitative estimate of drug-likeness (QED) is 0.857. The molecule has 0 saturated carbocycles. The number of carbonyl (C=O) groups excluding carboxylic acids is 1. The highest BCUT2D eigenvalue weighted by atomic mass is 19.1. The predicted molar refractivity (Wildman–Crippen MR) is 92.5 cm³/mol. The predicted octanol–water partition coefficient (Wildman–Crippen LogP) is 2.21. The largest absolute Gasteiger partial charge is 0.496 e. The maximum Gasteiger partial charge on any atom is 0.339 e. The van der Waals surface area contributed by atoms with Gasteiger partial charge in [-0.25, -0.2) is 9.18 Å². The van der Waals surface area contributed by atoms with Crippen LogP contribution in [0.2, 0.25) is 0 Å². The molecule has 6 nitrogen and oxygen atoms in total. The molecule has 1 amide bonds. The van der Waals surface area contributed by atoms with Crippen LogP contribution in [0.5, 0.6) is 5.75 Å². The molecule has 26 heavy (non-hydrogen) atoms. The van der Waals surface area contributed by atoms with E-state index in [1.165, 1.54) is 25.3 Å². The summed E-state index contributed by atoms with van der Waals surface area (Å²) >= 11 is 0. The highest BCUT2D eigenvalue weighted by Crippen LogP contribution is 2.27. The number of nitrogens with zero attached hydrogens (tertiary/aromatic N) is 1. The summed E-state index contributed by atoms with van der Waals surface area (Å²) in [5.41, 5.74) is 1.36. The molecule has 0 aromatic heterocycles. The minimum Gasteiger partial charge on any atom is -0.496 e. The number of aromatic carboxylic acids is 1. The molecule has 1 saturated heterocycles. The summed E-state index contributed by atoms with van der Waals surface area (Å²) in [5, 5.41) is 12.1. The molecular weight excluding hydrogens is 339 g/mol. The van der Waals surface area contributed by atoms with Crippen LogP contribution in [-0.4, -0.2) is 42.1 Å². The first-order valence-electron chi connectivity index (χ1n) is 8.17. The molecule has 0 radical (unpaired) electrons. The van der Waals surface area contributed by atoms with Gasteiger partial charge in [0.25, 0.3) is 0 Å². The third kappa shape index (κ3) is 3.67. The molecule has 0 aliphatic carbocycles. The zero-order valence-electron chi connectivity index (χ0n) is 14.2. The molecule has 7 heteroatoms. The summed E-state index contributed by atoms with van der Waals surface area (Å²) in [4.78, 5) is 25.7. The number of ether oxygens (including phenoxy) is 1. The van der Waals surface area contributed by atoms with E-state index in [1.807, 2.05) is 4.90 Å². The van der Waals surface area contributed by atoms with Crippen molar-refractivity contribution in [3.8, 4) is 5.75 Å². The Labute approximate surface area is 150 Å². The van der Waals surface area contributed by atoms with Crippen LogP contribution in [0.4, 0.5) is 4.39 Å². The Morgan fingerprint density at radius 1 is 1.35 bits per heavy atom. The summed E-state index contributed by atoms with van der Waals surface area (Å²) in [6, 6.07) is 10.2. The van der Waals surface area contributed by atoms with E-state index >= 15 is 0 Å². The molecule has 1 fully saturated rings. The Bertz CT molecular complexity index is 840. The summed E-state index contributed by atoms with van der Waals surface area (Å²) in [7, 11) is 1.41. The fourth-order valence-electron chi connectivity index (χ4n) is 3.18. The van der Waals surface area contributed by atoms with E-state index < -0.39 is 17.8 Å². The topological polar surface area (TPSA) is 78.9 Å². The van der Waals surface area contributed by atoms with Crippen LogP contribution in [0, 0.1) is 5.82 Å². The Morgan fingerprint density at radius 3 is 2.85 bits per heavy atom. The number of benzene rings is 2. The Hall–Kier alpha value is -2.93. The van der Waals surface area contributed by atoms with Crippen molar-refractivity contribution >= 4 is 11.9 Å². The highest BCUT2D eigenvalue weighted by Gasteiger charge is 2.31. The number of piperazine rings is 1. The van der Waals surface area contributed by atoms with Gasteiger partial charge in [-0.1, -0.05) is 18.2 Å². The molecule has 2 aromatic carbocycles. The second-order valence-corrected chi connectivity index (χ2v) is 6.06. The van der Waals surface area contributed by atoms with Crippen molar-refractivity contribution in [3.05, 3.63) is 65.0 Å².